The van der Waals surface area contributed by atoms with Gasteiger partial charge in [0.15, 0.2) is 5.65 Å². The molecule has 186 valence electrons. The lowest BCUT2D eigenvalue weighted by atomic mass is 9.91. The second-order valence-corrected chi connectivity index (χ2v) is 9.15. The van der Waals surface area contributed by atoms with Crippen molar-refractivity contribution in [1.82, 2.24) is 40.0 Å². The molecule has 4 heterocycles. The fourth-order valence-electron chi connectivity index (χ4n) is 4.38. The Morgan fingerprint density at radius 1 is 1.00 bits per heavy atom. The highest BCUT2D eigenvalue weighted by Gasteiger charge is 2.25. The zero-order chi connectivity index (χ0) is 25.2. The summed E-state index contributed by atoms with van der Waals surface area (Å²) in [6.45, 7) is 0. The van der Waals surface area contributed by atoms with E-state index in [1.54, 1.807) is 46.2 Å². The minimum Gasteiger partial charge on any atom is -0.465 e. The number of hydrogen-bond donors (Lipinski definition) is 4. The first kappa shape index (κ1) is 23.5. The van der Waals surface area contributed by atoms with Crippen molar-refractivity contribution >= 4 is 40.6 Å². The van der Waals surface area contributed by atoms with Gasteiger partial charge in [-0.1, -0.05) is 11.6 Å². The third kappa shape index (κ3) is 5.08. The second-order valence-electron chi connectivity index (χ2n) is 8.71. The van der Waals surface area contributed by atoms with Gasteiger partial charge in [0.05, 0.1) is 51.8 Å². The summed E-state index contributed by atoms with van der Waals surface area (Å²) in [5.74, 6) is -0.264. The van der Waals surface area contributed by atoms with Gasteiger partial charge in [0.2, 0.25) is 0 Å². The number of aryl methyl sites for hydroxylation is 1. The van der Waals surface area contributed by atoms with E-state index < -0.39 is 6.09 Å². The molecule has 4 aromatic rings. The van der Waals surface area contributed by atoms with Gasteiger partial charge in [-0.25, -0.2) is 14.3 Å². The van der Waals surface area contributed by atoms with E-state index in [0.717, 1.165) is 0 Å². The average molecular weight is 510 g/mol. The average Bonchev–Trinajstić information content (AvgIpc) is 3.45. The summed E-state index contributed by atoms with van der Waals surface area (Å²) in [4.78, 5) is 33.1. The normalized spacial score (nSPS) is 17.6. The van der Waals surface area contributed by atoms with Crippen molar-refractivity contribution in [1.29, 1.82) is 0 Å². The molecule has 12 nitrogen and oxygen atoms in total. The van der Waals surface area contributed by atoms with Gasteiger partial charge in [0, 0.05) is 37.7 Å². The number of halogens is 1. The molecule has 0 bridgehead atoms. The molecule has 4 N–H and O–H groups in total. The summed E-state index contributed by atoms with van der Waals surface area (Å²) in [7, 11) is 1.81. The first-order chi connectivity index (χ1) is 17.4. The molecule has 4 aromatic heterocycles. The summed E-state index contributed by atoms with van der Waals surface area (Å²) in [5.41, 5.74) is 3.51. The molecule has 5 rings (SSSR count). The van der Waals surface area contributed by atoms with E-state index in [1.165, 1.54) is 6.20 Å². The predicted molar refractivity (Wildman–Crippen MR) is 132 cm³/mol. The van der Waals surface area contributed by atoms with Crippen LogP contribution in [0, 0.1) is 0 Å². The maximum absolute atomic E-state index is 13.3. The van der Waals surface area contributed by atoms with Gasteiger partial charge in [-0.05, 0) is 31.7 Å². The molecule has 1 fully saturated rings. The van der Waals surface area contributed by atoms with Crippen molar-refractivity contribution < 1.29 is 14.7 Å². The molecule has 0 spiro atoms. The van der Waals surface area contributed by atoms with Crippen LogP contribution in [0.15, 0.2) is 43.2 Å². The Labute approximate surface area is 210 Å². The predicted octanol–water partition coefficient (Wildman–Crippen LogP) is 3.23. The van der Waals surface area contributed by atoms with Crippen molar-refractivity contribution in [3.63, 3.8) is 0 Å². The van der Waals surface area contributed by atoms with Gasteiger partial charge in [0.25, 0.3) is 5.91 Å². The molecule has 0 aliphatic heterocycles. The highest BCUT2D eigenvalue weighted by molar-refractivity contribution is 6.30. The summed E-state index contributed by atoms with van der Waals surface area (Å²) in [5, 5.41) is 26.7. The standard InChI is InChI=1S/C23H24ClN9O3/c1-32-12-16(8-27-32)29-20-6-19(17-10-28-33-11-13(24)7-26-21(17)33)25-9-18(20)22(34)30-14-2-4-15(5-3-14)31-23(35)36/h6-12,14-15,31H,2-5H2,1H3,(H,25,29)(H,30,34)(H,35,36)/t14-,15-. The Kier molecular flexibility index (Phi) is 6.42. The molecular formula is C23H24ClN9O3. The molecule has 2 amide bonds. The number of anilines is 2. The third-order valence-corrected chi connectivity index (χ3v) is 6.32. The lowest BCUT2D eigenvalue weighted by Gasteiger charge is -2.29. The third-order valence-electron chi connectivity index (χ3n) is 6.12. The number of hydrogen-bond acceptors (Lipinski definition) is 7. The van der Waals surface area contributed by atoms with Crippen LogP contribution in [0.5, 0.6) is 0 Å². The lowest BCUT2D eigenvalue weighted by Crippen LogP contribution is -2.43. The van der Waals surface area contributed by atoms with Crippen LogP contribution in [0.2, 0.25) is 5.02 Å². The van der Waals surface area contributed by atoms with E-state index in [1.807, 2.05) is 7.05 Å². The molecule has 36 heavy (non-hydrogen) atoms. The number of rotatable bonds is 6. The van der Waals surface area contributed by atoms with E-state index in [4.69, 9.17) is 16.7 Å². The fraction of sp³-hybridized carbons (Fsp3) is 0.304. The van der Waals surface area contributed by atoms with Gasteiger partial charge in [-0.15, -0.1) is 0 Å². The Balaban J connectivity index is 1.41. The minimum absolute atomic E-state index is 0.0520. The monoisotopic (exact) mass is 509 g/mol. The van der Waals surface area contributed by atoms with E-state index in [9.17, 15) is 9.59 Å². The van der Waals surface area contributed by atoms with Crippen LogP contribution in [-0.2, 0) is 7.05 Å². The number of carboxylic acid groups (broad SMARTS) is 1. The van der Waals surface area contributed by atoms with Gasteiger partial charge >= 0.3 is 6.09 Å². The van der Waals surface area contributed by atoms with Crippen LogP contribution in [0.1, 0.15) is 36.0 Å². The Bertz CT molecular complexity index is 1430. The van der Waals surface area contributed by atoms with Crippen LogP contribution >= 0.6 is 11.6 Å². The largest absolute Gasteiger partial charge is 0.465 e. The minimum atomic E-state index is -1.02. The Hall–Kier alpha value is -4.19. The molecule has 0 unspecified atom stereocenters. The topological polar surface area (TPSA) is 151 Å². The summed E-state index contributed by atoms with van der Waals surface area (Å²) in [6, 6.07) is 1.64. The molecular weight excluding hydrogens is 486 g/mol. The van der Waals surface area contributed by atoms with Crippen LogP contribution in [0.4, 0.5) is 16.2 Å². The van der Waals surface area contributed by atoms with Gasteiger partial charge in [0.1, 0.15) is 0 Å². The molecule has 0 atom stereocenters. The fourth-order valence-corrected chi connectivity index (χ4v) is 4.52. The van der Waals surface area contributed by atoms with E-state index >= 15 is 0 Å². The number of carbonyl (C=O) groups is 2. The number of carbonyl (C=O) groups excluding carboxylic acids is 1. The molecule has 13 heteroatoms. The highest BCUT2D eigenvalue weighted by atomic mass is 35.5. The van der Waals surface area contributed by atoms with E-state index in [0.29, 0.717) is 64.5 Å². The van der Waals surface area contributed by atoms with Crippen LogP contribution in [-0.4, -0.2) is 58.6 Å². The maximum atomic E-state index is 13.3. The van der Waals surface area contributed by atoms with Crippen molar-refractivity contribution in [2.75, 3.05) is 5.32 Å². The highest BCUT2D eigenvalue weighted by Crippen LogP contribution is 2.29. The first-order valence-corrected chi connectivity index (χ1v) is 11.8. The maximum Gasteiger partial charge on any atom is 0.404 e. The summed E-state index contributed by atoms with van der Waals surface area (Å²) in [6.07, 6.45) is 11.5. The van der Waals surface area contributed by atoms with Crippen LogP contribution in [0.25, 0.3) is 16.9 Å². The second kappa shape index (κ2) is 9.82. The number of amides is 2. The van der Waals surface area contributed by atoms with Crippen LogP contribution < -0.4 is 16.0 Å². The smallest absolute Gasteiger partial charge is 0.404 e. The van der Waals surface area contributed by atoms with Crippen molar-refractivity contribution in [3.8, 4) is 11.3 Å². The quantitative estimate of drug-likeness (QED) is 0.309. The SMILES string of the molecule is Cn1cc(Nc2cc(-c3cnn4cc(Cl)cnc34)ncc2C(=O)N[C@H]2CC[C@H](NC(=O)O)CC2)cn1. The molecule has 1 aliphatic carbocycles. The molecule has 0 saturated heterocycles. The Morgan fingerprint density at radius 2 is 1.75 bits per heavy atom. The first-order valence-electron chi connectivity index (χ1n) is 11.4. The lowest BCUT2D eigenvalue weighted by molar-refractivity contribution is 0.0923. The van der Waals surface area contributed by atoms with E-state index in [2.05, 4.69) is 36.1 Å². The number of pyridine rings is 1. The zero-order valence-corrected chi connectivity index (χ0v) is 20.1. The van der Waals surface area contributed by atoms with Crippen LogP contribution in [0.3, 0.4) is 0 Å². The zero-order valence-electron chi connectivity index (χ0n) is 19.3. The van der Waals surface area contributed by atoms with Crippen molar-refractivity contribution in [3.05, 3.63) is 53.8 Å². The summed E-state index contributed by atoms with van der Waals surface area (Å²) >= 11 is 6.03. The molecule has 1 aliphatic rings. The number of fused-ring (bicyclic) bond motifs is 1. The Morgan fingerprint density at radius 3 is 2.44 bits per heavy atom. The van der Waals surface area contributed by atoms with Gasteiger partial charge < -0.3 is 21.1 Å². The van der Waals surface area contributed by atoms with Gasteiger partial charge in [-0.3, -0.25) is 14.5 Å². The van der Waals surface area contributed by atoms with Crippen molar-refractivity contribution in [2.45, 2.75) is 37.8 Å². The number of aromatic nitrogens is 6. The number of nitrogens with zero attached hydrogens (tertiary/aromatic N) is 6. The van der Waals surface area contributed by atoms with E-state index in [-0.39, 0.29) is 18.0 Å². The summed E-state index contributed by atoms with van der Waals surface area (Å²) < 4.78 is 3.23. The number of nitrogens with one attached hydrogen (secondary N) is 3. The molecule has 0 aromatic carbocycles. The van der Waals surface area contributed by atoms with Gasteiger partial charge in [-0.2, -0.15) is 10.2 Å². The molecule has 0 radical (unpaired) electrons. The molecule has 1 saturated carbocycles. The van der Waals surface area contributed by atoms with Crippen molar-refractivity contribution in [2.24, 2.45) is 7.05 Å².